The molecule has 0 aromatic heterocycles. The number of alkyl carbamates (subject to hydrolysis) is 1. The molecule has 0 radical (unpaired) electrons. The topological polar surface area (TPSA) is 204 Å². The van der Waals surface area contributed by atoms with Crippen molar-refractivity contribution >= 4 is 37.2 Å². The second-order valence-electron chi connectivity index (χ2n) is 12.4. The molecule has 254 valence electrons. The van der Waals surface area contributed by atoms with Crippen LogP contribution in [0.2, 0.25) is 0 Å². The largest absolute Gasteiger partial charge is 0.467 e. The van der Waals surface area contributed by atoms with E-state index in [1.807, 2.05) is 0 Å². The Labute approximate surface area is 270 Å². The molecule has 0 aliphatic carbocycles. The van der Waals surface area contributed by atoms with Gasteiger partial charge in [-0.25, -0.2) is 9.59 Å². The van der Waals surface area contributed by atoms with Crippen LogP contribution in [0.4, 0.5) is 4.79 Å². The summed E-state index contributed by atoms with van der Waals surface area (Å²) >= 11 is 0. The highest BCUT2D eigenvalue weighted by atomic mass is 31.2. The van der Waals surface area contributed by atoms with Gasteiger partial charge in [-0.05, 0) is 65.9 Å². The van der Waals surface area contributed by atoms with Crippen LogP contribution in [0.3, 0.4) is 0 Å². The molecule has 6 unspecified atom stereocenters. The number of carbonyl (C=O) groups excluding carboxylic acids is 5. The van der Waals surface area contributed by atoms with Gasteiger partial charge in [-0.3, -0.25) is 18.9 Å². The van der Waals surface area contributed by atoms with Gasteiger partial charge >= 0.3 is 12.1 Å². The summed E-state index contributed by atoms with van der Waals surface area (Å²) in [5, 5.41) is 17.0. The van der Waals surface area contributed by atoms with Crippen molar-refractivity contribution in [2.45, 2.75) is 96.2 Å². The van der Waals surface area contributed by atoms with Gasteiger partial charge in [0.15, 0.2) is 0 Å². The summed E-state index contributed by atoms with van der Waals surface area (Å²) < 4.78 is 23.4. The number of esters is 1. The summed E-state index contributed by atoms with van der Waals surface area (Å²) in [6, 6.07) is 8.12. The molecule has 4 amide bonds. The number of methoxy groups -OCH3 is 1. The summed E-state index contributed by atoms with van der Waals surface area (Å²) in [5.74, 6) is -4.77. The minimum Gasteiger partial charge on any atom is -0.467 e. The minimum atomic E-state index is -4.21. The van der Waals surface area contributed by atoms with Crippen molar-refractivity contribution in [3.63, 3.8) is 0 Å². The predicted octanol–water partition coefficient (Wildman–Crippen LogP) is 2.44. The number of nitriles is 1. The number of nitrogens with zero attached hydrogens (tertiary/aromatic N) is 2. The fraction of sp³-hybridized carbons (Fsp3) is 0.613. The fourth-order valence-electron chi connectivity index (χ4n) is 4.93. The van der Waals surface area contributed by atoms with Gasteiger partial charge in [0.25, 0.3) is 0 Å². The highest BCUT2D eigenvalue weighted by Crippen LogP contribution is 2.47. The van der Waals surface area contributed by atoms with Gasteiger partial charge in [-0.1, -0.05) is 30.3 Å². The van der Waals surface area contributed by atoms with Gasteiger partial charge < -0.3 is 35.2 Å². The van der Waals surface area contributed by atoms with E-state index in [4.69, 9.17) is 4.74 Å². The Kier molecular flexibility index (Phi) is 14.2. The molecule has 1 aliphatic heterocycles. The van der Waals surface area contributed by atoms with Gasteiger partial charge in [0.05, 0.1) is 19.1 Å². The summed E-state index contributed by atoms with van der Waals surface area (Å²) in [4.78, 5) is 76.1. The van der Waals surface area contributed by atoms with Crippen LogP contribution in [0.25, 0.3) is 0 Å². The Balaban J connectivity index is 2.13. The van der Waals surface area contributed by atoms with Crippen molar-refractivity contribution in [3.05, 3.63) is 35.9 Å². The highest BCUT2D eigenvalue weighted by molar-refractivity contribution is 7.58. The van der Waals surface area contributed by atoms with Crippen molar-refractivity contribution in [2.24, 2.45) is 5.92 Å². The zero-order chi connectivity index (χ0) is 34.7. The lowest BCUT2D eigenvalue weighted by atomic mass is 10.00. The van der Waals surface area contributed by atoms with Crippen LogP contribution in [0, 0.1) is 17.2 Å². The second kappa shape index (κ2) is 17.1. The van der Waals surface area contributed by atoms with Crippen LogP contribution in [0.1, 0.15) is 65.9 Å². The Morgan fingerprint density at radius 3 is 2.35 bits per heavy atom. The molecule has 0 spiro atoms. The van der Waals surface area contributed by atoms with Crippen molar-refractivity contribution < 1.29 is 42.9 Å². The molecular formula is C31H46N5O9P. The zero-order valence-corrected chi connectivity index (χ0v) is 28.2. The molecule has 1 aliphatic rings. The van der Waals surface area contributed by atoms with Crippen LogP contribution in [-0.2, 0) is 39.6 Å². The number of rotatable bonds is 14. The molecule has 1 heterocycles. The maximum absolute atomic E-state index is 13.5. The second-order valence-corrected chi connectivity index (χ2v) is 15.0. The first-order valence-electron chi connectivity index (χ1n) is 15.2. The molecule has 14 nitrogen and oxygen atoms in total. The van der Waals surface area contributed by atoms with Crippen LogP contribution in [-0.4, -0.2) is 88.9 Å². The summed E-state index contributed by atoms with van der Waals surface area (Å²) in [7, 11) is -3.03. The lowest BCUT2D eigenvalue weighted by molar-refractivity contribution is -0.145. The molecule has 2 rings (SSSR count). The minimum absolute atomic E-state index is 0.103. The predicted molar refractivity (Wildman–Crippen MR) is 168 cm³/mol. The summed E-state index contributed by atoms with van der Waals surface area (Å²) in [5.41, 5.74) is -0.114. The molecule has 15 heteroatoms. The molecule has 6 atom stereocenters. The molecule has 1 fully saturated rings. The van der Waals surface area contributed by atoms with Gasteiger partial charge in [-0.2, -0.15) is 5.26 Å². The van der Waals surface area contributed by atoms with Crippen molar-refractivity contribution in [1.82, 2.24) is 20.9 Å². The van der Waals surface area contributed by atoms with Gasteiger partial charge in [0, 0.05) is 19.1 Å². The van der Waals surface area contributed by atoms with Crippen molar-refractivity contribution in [2.75, 3.05) is 19.8 Å². The first-order chi connectivity index (χ1) is 21.5. The van der Waals surface area contributed by atoms with Crippen LogP contribution in [0.15, 0.2) is 30.3 Å². The number of benzene rings is 1. The highest BCUT2D eigenvalue weighted by Gasteiger charge is 2.37. The van der Waals surface area contributed by atoms with E-state index < -0.39 is 78.7 Å². The number of ether oxygens (including phenoxy) is 2. The lowest BCUT2D eigenvalue weighted by Crippen LogP contribution is -2.51. The molecular weight excluding hydrogens is 617 g/mol. The maximum atomic E-state index is 13.5. The Morgan fingerprint density at radius 2 is 1.76 bits per heavy atom. The average Bonchev–Trinajstić information content (AvgIpc) is 3.46. The van der Waals surface area contributed by atoms with E-state index in [1.54, 1.807) is 51.1 Å². The fourth-order valence-corrected chi connectivity index (χ4v) is 6.52. The third-order valence-electron chi connectivity index (χ3n) is 7.40. The summed E-state index contributed by atoms with van der Waals surface area (Å²) in [6.45, 7) is 8.08. The van der Waals surface area contributed by atoms with E-state index in [0.29, 0.717) is 19.4 Å². The van der Waals surface area contributed by atoms with Crippen molar-refractivity contribution in [1.29, 1.82) is 5.26 Å². The zero-order valence-electron chi connectivity index (χ0n) is 27.3. The van der Waals surface area contributed by atoms with Gasteiger partial charge in [-0.15, -0.1) is 0 Å². The maximum Gasteiger partial charge on any atom is 0.408 e. The number of amides is 4. The molecule has 0 bridgehead atoms. The number of carbonyl (C=O) groups is 5. The monoisotopic (exact) mass is 663 g/mol. The van der Waals surface area contributed by atoms with E-state index in [9.17, 15) is 38.7 Å². The van der Waals surface area contributed by atoms with E-state index in [-0.39, 0.29) is 19.3 Å². The van der Waals surface area contributed by atoms with Crippen LogP contribution in [0.5, 0.6) is 0 Å². The van der Waals surface area contributed by atoms with Gasteiger partial charge in [0.2, 0.25) is 25.1 Å². The van der Waals surface area contributed by atoms with E-state index in [2.05, 4.69) is 26.8 Å². The smallest absolute Gasteiger partial charge is 0.408 e. The summed E-state index contributed by atoms with van der Waals surface area (Å²) in [6.07, 6.45) is -0.594. The molecule has 4 N–H and O–H groups in total. The Hall–Kier alpha value is -3.95. The van der Waals surface area contributed by atoms with Gasteiger partial charge in [0.1, 0.15) is 29.5 Å². The van der Waals surface area contributed by atoms with Crippen LogP contribution < -0.4 is 16.0 Å². The molecule has 1 saturated heterocycles. The van der Waals surface area contributed by atoms with E-state index in [1.165, 1.54) is 25.9 Å². The molecule has 1 aromatic carbocycles. The number of hydrogen-bond donors (Lipinski definition) is 4. The Bertz CT molecular complexity index is 1330. The molecule has 46 heavy (non-hydrogen) atoms. The third-order valence-corrected chi connectivity index (χ3v) is 9.70. The quantitative estimate of drug-likeness (QED) is 0.169. The number of hydrogen-bond acceptors (Lipinski definition) is 9. The SMILES string of the molecule is COC(=O)C(C)NC(=O)C(Cc1ccccc1)CP(=O)(O)C(C)NC(=O)CCC(NC(=O)OC(C)(C)C)C(=O)N1CCCC1C#N. The van der Waals surface area contributed by atoms with Crippen LogP contribution >= 0.6 is 7.37 Å². The lowest BCUT2D eigenvalue weighted by Gasteiger charge is -2.28. The Morgan fingerprint density at radius 1 is 1.11 bits per heavy atom. The van der Waals surface area contributed by atoms with E-state index >= 15 is 0 Å². The molecule has 0 saturated carbocycles. The number of nitrogens with one attached hydrogen (secondary N) is 3. The standard InChI is InChI=1S/C31H46N5O9P/c1-20(29(40)44-6)33-27(38)23(17-22-11-8-7-9-12-22)19-46(42,43)21(2)34-26(37)15-14-25(35-30(41)45-31(3,4)5)28(39)36-16-10-13-24(36)18-32/h7-9,11-12,20-21,23-25H,10,13-17,19H2,1-6H3,(H,33,38)(H,34,37)(H,35,41)(H,42,43). The van der Waals surface area contributed by atoms with Crippen molar-refractivity contribution in [3.8, 4) is 6.07 Å². The third kappa shape index (κ3) is 12.1. The average molecular weight is 664 g/mol. The molecule has 1 aromatic rings. The normalized spacial score (nSPS) is 18.5. The number of likely N-dealkylation sites (tertiary alicyclic amines) is 1. The first-order valence-corrected chi connectivity index (χ1v) is 17.1. The van der Waals surface area contributed by atoms with E-state index in [0.717, 1.165) is 5.56 Å². The first kappa shape index (κ1) is 38.2.